The Labute approximate surface area is 188 Å². The number of aromatic nitrogens is 2. The zero-order chi connectivity index (χ0) is 22.8. The molecular weight excluding hydrogens is 469 g/mol. The average molecular weight is 486 g/mol. The van der Waals surface area contributed by atoms with Crippen molar-refractivity contribution in [3.8, 4) is 22.9 Å². The van der Waals surface area contributed by atoms with Crippen molar-refractivity contribution in [3.05, 3.63) is 63.0 Å². The summed E-state index contributed by atoms with van der Waals surface area (Å²) in [5.41, 5.74) is -0.100. The highest BCUT2D eigenvalue weighted by Crippen LogP contribution is 2.40. The maximum atomic E-state index is 12.8. The normalized spacial score (nSPS) is 11.1. The summed E-state index contributed by atoms with van der Waals surface area (Å²) in [6.45, 7) is 0. The lowest BCUT2D eigenvalue weighted by molar-refractivity contribution is 0.325. The van der Waals surface area contributed by atoms with Gasteiger partial charge >= 0.3 is 0 Å². The molecule has 0 unspecified atom stereocenters. The van der Waals surface area contributed by atoms with Gasteiger partial charge in [-0.1, -0.05) is 23.2 Å². The first kappa shape index (κ1) is 22.7. The fourth-order valence-corrected chi connectivity index (χ4v) is 4.01. The minimum absolute atomic E-state index is 0.0247. The zero-order valence-electron chi connectivity index (χ0n) is 16.5. The van der Waals surface area contributed by atoms with E-state index < -0.39 is 15.6 Å². The monoisotopic (exact) mass is 485 g/mol. The molecule has 3 rings (SSSR count). The third-order valence-electron chi connectivity index (χ3n) is 4.18. The molecule has 0 bridgehead atoms. The molecule has 12 heteroatoms. The summed E-state index contributed by atoms with van der Waals surface area (Å²) >= 11 is 11.6. The largest absolute Gasteiger partial charge is 0.493 e. The highest BCUT2D eigenvalue weighted by atomic mass is 35.5. The van der Waals surface area contributed by atoms with Crippen molar-refractivity contribution in [2.45, 2.75) is 4.90 Å². The molecule has 9 nitrogen and oxygen atoms in total. The minimum Gasteiger partial charge on any atom is -0.493 e. The van der Waals surface area contributed by atoms with Crippen LogP contribution < -0.4 is 24.5 Å². The maximum Gasteiger partial charge on any atom is 0.291 e. The average Bonchev–Trinajstić information content (AvgIpc) is 2.76. The molecule has 0 aliphatic heterocycles. The molecule has 2 aromatic carbocycles. The van der Waals surface area contributed by atoms with Gasteiger partial charge in [-0.15, -0.1) is 0 Å². The van der Waals surface area contributed by atoms with E-state index in [1.807, 2.05) is 0 Å². The van der Waals surface area contributed by atoms with Gasteiger partial charge in [-0.05, 0) is 24.3 Å². The van der Waals surface area contributed by atoms with Crippen LogP contribution in [-0.2, 0) is 10.0 Å². The second-order valence-electron chi connectivity index (χ2n) is 6.04. The van der Waals surface area contributed by atoms with E-state index in [2.05, 4.69) is 9.82 Å². The smallest absolute Gasteiger partial charge is 0.291 e. The topological polar surface area (TPSA) is 109 Å². The number of hydrogen-bond donors (Lipinski definition) is 1. The molecule has 0 amide bonds. The van der Waals surface area contributed by atoms with Crippen LogP contribution in [0.2, 0.25) is 10.0 Å². The highest BCUT2D eigenvalue weighted by molar-refractivity contribution is 7.92. The van der Waals surface area contributed by atoms with Crippen LogP contribution >= 0.6 is 23.2 Å². The van der Waals surface area contributed by atoms with Crippen LogP contribution in [0.1, 0.15) is 0 Å². The van der Waals surface area contributed by atoms with Crippen molar-refractivity contribution < 1.29 is 22.6 Å². The van der Waals surface area contributed by atoms with Crippen molar-refractivity contribution in [3.63, 3.8) is 0 Å². The van der Waals surface area contributed by atoms with Crippen molar-refractivity contribution in [2.24, 2.45) is 0 Å². The SMILES string of the molecule is COc1cc(NS(=O)(=O)c2ccc(-n3ncc(Cl)c(Cl)c3=O)cc2)cc(OC)c1OC. The first-order chi connectivity index (χ1) is 14.7. The van der Waals surface area contributed by atoms with Gasteiger partial charge < -0.3 is 14.2 Å². The van der Waals surface area contributed by atoms with Crippen LogP contribution in [0.15, 0.2) is 52.3 Å². The Kier molecular flexibility index (Phi) is 6.63. The van der Waals surface area contributed by atoms with Crippen LogP contribution in [0.5, 0.6) is 17.2 Å². The van der Waals surface area contributed by atoms with E-state index in [1.54, 1.807) is 0 Å². The number of hydrogen-bond acceptors (Lipinski definition) is 7. The van der Waals surface area contributed by atoms with E-state index in [1.165, 1.54) is 63.9 Å². The quantitative estimate of drug-likeness (QED) is 0.546. The van der Waals surface area contributed by atoms with Crippen LogP contribution in [0.25, 0.3) is 5.69 Å². The van der Waals surface area contributed by atoms with Gasteiger partial charge in [0, 0.05) is 12.1 Å². The number of ether oxygens (including phenoxy) is 3. The fraction of sp³-hybridized carbons (Fsp3) is 0.158. The van der Waals surface area contributed by atoms with Gasteiger partial charge in [-0.25, -0.2) is 8.42 Å². The van der Waals surface area contributed by atoms with Gasteiger partial charge in [0.05, 0.1) is 48.8 Å². The molecule has 0 saturated heterocycles. The van der Waals surface area contributed by atoms with Gasteiger partial charge in [0.15, 0.2) is 11.5 Å². The Morgan fingerprint density at radius 1 is 0.968 bits per heavy atom. The molecular formula is C19H17Cl2N3O6S. The summed E-state index contributed by atoms with van der Waals surface area (Å²) in [5, 5.41) is 3.75. The van der Waals surface area contributed by atoms with Gasteiger partial charge in [0.2, 0.25) is 5.75 Å². The maximum absolute atomic E-state index is 12.8. The van der Waals surface area contributed by atoms with Crippen molar-refractivity contribution in [1.29, 1.82) is 0 Å². The second-order valence-corrected chi connectivity index (χ2v) is 8.50. The van der Waals surface area contributed by atoms with Crippen LogP contribution in [0.4, 0.5) is 5.69 Å². The third-order valence-corrected chi connectivity index (χ3v) is 6.33. The molecule has 3 aromatic rings. The van der Waals surface area contributed by atoms with E-state index in [0.29, 0.717) is 22.9 Å². The Morgan fingerprint density at radius 2 is 1.55 bits per heavy atom. The van der Waals surface area contributed by atoms with Crippen molar-refractivity contribution >= 4 is 38.9 Å². The van der Waals surface area contributed by atoms with Gasteiger partial charge in [-0.3, -0.25) is 9.52 Å². The van der Waals surface area contributed by atoms with E-state index >= 15 is 0 Å². The molecule has 1 aromatic heterocycles. The molecule has 0 radical (unpaired) electrons. The number of sulfonamides is 1. The van der Waals surface area contributed by atoms with Crippen LogP contribution in [-0.4, -0.2) is 39.5 Å². The Balaban J connectivity index is 1.93. The Bertz CT molecular complexity index is 1250. The summed E-state index contributed by atoms with van der Waals surface area (Å²) in [6, 6.07) is 8.42. The fourth-order valence-electron chi connectivity index (χ4n) is 2.72. The Morgan fingerprint density at radius 3 is 2.06 bits per heavy atom. The van der Waals surface area contributed by atoms with Crippen molar-refractivity contribution in [2.75, 3.05) is 26.1 Å². The predicted molar refractivity (Wildman–Crippen MR) is 117 cm³/mol. The summed E-state index contributed by atoms with van der Waals surface area (Å²) in [6.07, 6.45) is 1.22. The standard InChI is InChI=1S/C19H17Cl2N3O6S/c1-28-15-8-11(9-16(29-2)18(15)30-3)23-31(26,27)13-6-4-12(5-7-13)24-19(25)17(21)14(20)10-22-24/h4-10,23H,1-3H3. The molecule has 1 N–H and O–H groups in total. The summed E-state index contributed by atoms with van der Waals surface area (Å²) in [4.78, 5) is 12.2. The van der Waals surface area contributed by atoms with Gasteiger partial charge in [-0.2, -0.15) is 9.78 Å². The summed E-state index contributed by atoms with van der Waals surface area (Å²) < 4.78 is 44.8. The third kappa shape index (κ3) is 4.55. The number of nitrogens with one attached hydrogen (secondary N) is 1. The second kappa shape index (κ2) is 9.04. The van der Waals surface area contributed by atoms with E-state index in [0.717, 1.165) is 4.68 Å². The first-order valence-electron chi connectivity index (χ1n) is 8.58. The van der Waals surface area contributed by atoms with E-state index in [4.69, 9.17) is 37.4 Å². The molecule has 0 spiro atoms. The van der Waals surface area contributed by atoms with Gasteiger partial charge in [0.25, 0.3) is 15.6 Å². The molecule has 0 fully saturated rings. The lowest BCUT2D eigenvalue weighted by Crippen LogP contribution is -2.21. The highest BCUT2D eigenvalue weighted by Gasteiger charge is 2.19. The number of anilines is 1. The van der Waals surface area contributed by atoms with Gasteiger partial charge in [0.1, 0.15) is 5.02 Å². The predicted octanol–water partition coefficient (Wildman–Crippen LogP) is 3.37. The summed E-state index contributed by atoms with van der Waals surface area (Å²) in [5.74, 6) is 0.914. The molecule has 0 saturated carbocycles. The van der Waals surface area contributed by atoms with Crippen molar-refractivity contribution in [1.82, 2.24) is 9.78 Å². The lowest BCUT2D eigenvalue weighted by atomic mass is 10.2. The lowest BCUT2D eigenvalue weighted by Gasteiger charge is -2.15. The number of benzene rings is 2. The number of methoxy groups -OCH3 is 3. The molecule has 31 heavy (non-hydrogen) atoms. The summed E-state index contributed by atoms with van der Waals surface area (Å²) in [7, 11) is 0.328. The van der Waals surface area contributed by atoms with E-state index in [9.17, 15) is 13.2 Å². The molecule has 0 aliphatic carbocycles. The Hall–Kier alpha value is -2.95. The molecule has 0 atom stereocenters. The number of rotatable bonds is 7. The molecule has 1 heterocycles. The van der Waals surface area contributed by atoms with Crippen LogP contribution in [0, 0.1) is 0 Å². The first-order valence-corrected chi connectivity index (χ1v) is 10.8. The number of halogens is 2. The molecule has 0 aliphatic rings. The zero-order valence-corrected chi connectivity index (χ0v) is 18.9. The minimum atomic E-state index is -3.96. The molecule has 164 valence electrons. The number of nitrogens with zero attached hydrogens (tertiary/aromatic N) is 2. The van der Waals surface area contributed by atoms with E-state index in [-0.39, 0.29) is 20.6 Å². The van der Waals surface area contributed by atoms with Crippen LogP contribution in [0.3, 0.4) is 0 Å².